The fourth-order valence-corrected chi connectivity index (χ4v) is 4.75. The molecule has 6 nitrogen and oxygen atoms in total. The highest BCUT2D eigenvalue weighted by Gasteiger charge is 2.16. The van der Waals surface area contributed by atoms with Crippen LogP contribution in [0.15, 0.2) is 79.8 Å². The maximum Gasteiger partial charge on any atom is 0.266 e. The molecule has 0 spiro atoms. The number of para-hydroxylation sites is 1. The lowest BCUT2D eigenvalue weighted by atomic mass is 10.1. The SMILES string of the molecule is CCc1ccc(-n2c(SCc3nc(-c4ccsc4)no3)nc3ccccc3c2=O)cc1. The molecule has 5 rings (SSSR count). The van der Waals surface area contributed by atoms with Gasteiger partial charge >= 0.3 is 0 Å². The molecule has 154 valence electrons. The number of thiophene rings is 1. The zero-order chi connectivity index (χ0) is 21.2. The average Bonchev–Trinajstić information content (AvgIpc) is 3.50. The van der Waals surface area contributed by atoms with Crippen LogP contribution in [-0.4, -0.2) is 19.7 Å². The lowest BCUT2D eigenvalue weighted by Gasteiger charge is -2.13. The topological polar surface area (TPSA) is 73.8 Å². The van der Waals surface area contributed by atoms with Gasteiger partial charge in [-0.25, -0.2) is 4.98 Å². The summed E-state index contributed by atoms with van der Waals surface area (Å²) in [6.07, 6.45) is 0.941. The number of thioether (sulfide) groups is 1. The van der Waals surface area contributed by atoms with Crippen molar-refractivity contribution >= 4 is 34.0 Å². The predicted octanol–water partition coefficient (Wildman–Crippen LogP) is 5.35. The molecule has 0 aliphatic heterocycles. The first kappa shape index (κ1) is 19.7. The number of hydrogen-bond acceptors (Lipinski definition) is 7. The van der Waals surface area contributed by atoms with Gasteiger partial charge in [-0.05, 0) is 47.7 Å². The third-order valence-corrected chi connectivity index (χ3v) is 6.53. The van der Waals surface area contributed by atoms with Gasteiger partial charge in [0.15, 0.2) is 5.16 Å². The summed E-state index contributed by atoms with van der Waals surface area (Å²) in [6.45, 7) is 2.11. The first-order valence-corrected chi connectivity index (χ1v) is 11.7. The molecule has 0 amide bonds. The highest BCUT2D eigenvalue weighted by Crippen LogP contribution is 2.26. The van der Waals surface area contributed by atoms with Gasteiger partial charge in [0.1, 0.15) is 0 Å². The normalized spacial score (nSPS) is 11.3. The van der Waals surface area contributed by atoms with Crippen LogP contribution >= 0.6 is 23.1 Å². The van der Waals surface area contributed by atoms with E-state index in [1.807, 2.05) is 59.3 Å². The van der Waals surface area contributed by atoms with E-state index in [1.165, 1.54) is 17.3 Å². The summed E-state index contributed by atoms with van der Waals surface area (Å²) in [6, 6.07) is 17.3. The molecule has 0 saturated heterocycles. The van der Waals surface area contributed by atoms with Crippen molar-refractivity contribution < 1.29 is 4.52 Å². The lowest BCUT2D eigenvalue weighted by Crippen LogP contribution is -2.21. The molecule has 0 atom stereocenters. The number of nitrogens with zero attached hydrogens (tertiary/aromatic N) is 4. The third-order valence-electron chi connectivity index (χ3n) is 4.92. The van der Waals surface area contributed by atoms with Crippen LogP contribution in [0.2, 0.25) is 0 Å². The second-order valence-electron chi connectivity index (χ2n) is 6.88. The van der Waals surface area contributed by atoms with Gasteiger partial charge in [-0.15, -0.1) is 0 Å². The van der Waals surface area contributed by atoms with Crippen LogP contribution in [0.1, 0.15) is 18.4 Å². The average molecular weight is 447 g/mol. The number of benzene rings is 2. The Labute approximate surface area is 186 Å². The van der Waals surface area contributed by atoms with Gasteiger partial charge in [-0.1, -0.05) is 48.1 Å². The molecule has 0 fully saturated rings. The van der Waals surface area contributed by atoms with E-state index in [0.717, 1.165) is 17.7 Å². The maximum atomic E-state index is 13.3. The van der Waals surface area contributed by atoms with Gasteiger partial charge in [0.05, 0.1) is 22.3 Å². The van der Waals surface area contributed by atoms with Crippen molar-refractivity contribution in [2.24, 2.45) is 0 Å². The molecule has 8 heteroatoms. The van der Waals surface area contributed by atoms with Crippen molar-refractivity contribution in [2.75, 3.05) is 0 Å². The largest absolute Gasteiger partial charge is 0.338 e. The number of hydrogen-bond donors (Lipinski definition) is 0. The van der Waals surface area contributed by atoms with Gasteiger partial charge in [-0.2, -0.15) is 16.3 Å². The molecule has 0 bridgehead atoms. The van der Waals surface area contributed by atoms with E-state index < -0.39 is 0 Å². The molecule has 2 aromatic carbocycles. The molecule has 0 aliphatic carbocycles. The highest BCUT2D eigenvalue weighted by molar-refractivity contribution is 7.98. The van der Waals surface area contributed by atoms with Gasteiger partial charge in [0, 0.05) is 10.9 Å². The van der Waals surface area contributed by atoms with Gasteiger partial charge in [-0.3, -0.25) is 9.36 Å². The van der Waals surface area contributed by atoms with Crippen LogP contribution < -0.4 is 5.56 Å². The van der Waals surface area contributed by atoms with E-state index >= 15 is 0 Å². The van der Waals surface area contributed by atoms with Crippen molar-refractivity contribution in [3.05, 3.63) is 87.2 Å². The van der Waals surface area contributed by atoms with Crippen molar-refractivity contribution in [3.63, 3.8) is 0 Å². The Morgan fingerprint density at radius 3 is 2.68 bits per heavy atom. The molecule has 5 aromatic rings. The van der Waals surface area contributed by atoms with Crippen molar-refractivity contribution in [3.8, 4) is 17.1 Å². The molecule has 0 N–H and O–H groups in total. The summed E-state index contributed by atoms with van der Waals surface area (Å²) in [5, 5.41) is 9.18. The fourth-order valence-electron chi connectivity index (χ4n) is 3.27. The second-order valence-corrected chi connectivity index (χ2v) is 8.61. The molecule has 3 heterocycles. The maximum absolute atomic E-state index is 13.3. The van der Waals surface area contributed by atoms with Crippen LogP contribution in [0.25, 0.3) is 28.0 Å². The van der Waals surface area contributed by atoms with Crippen molar-refractivity contribution in [2.45, 2.75) is 24.3 Å². The summed E-state index contributed by atoms with van der Waals surface area (Å²) in [5.41, 5.74) is 3.50. The smallest absolute Gasteiger partial charge is 0.266 e. The summed E-state index contributed by atoms with van der Waals surface area (Å²) in [4.78, 5) is 22.6. The number of rotatable bonds is 6. The Morgan fingerprint density at radius 2 is 1.90 bits per heavy atom. The number of fused-ring (bicyclic) bond motifs is 1. The van der Waals surface area contributed by atoms with Crippen LogP contribution in [0.4, 0.5) is 0 Å². The molecular weight excluding hydrogens is 428 g/mol. The summed E-state index contributed by atoms with van der Waals surface area (Å²) in [5.74, 6) is 1.46. The summed E-state index contributed by atoms with van der Waals surface area (Å²) < 4.78 is 7.07. The zero-order valence-corrected chi connectivity index (χ0v) is 18.3. The molecule has 0 aliphatic rings. The Morgan fingerprint density at radius 1 is 1.06 bits per heavy atom. The lowest BCUT2D eigenvalue weighted by molar-refractivity contribution is 0.391. The van der Waals surface area contributed by atoms with E-state index in [1.54, 1.807) is 22.0 Å². The minimum Gasteiger partial charge on any atom is -0.338 e. The van der Waals surface area contributed by atoms with E-state index in [0.29, 0.717) is 33.5 Å². The van der Waals surface area contributed by atoms with Crippen LogP contribution in [-0.2, 0) is 12.2 Å². The van der Waals surface area contributed by atoms with E-state index in [4.69, 9.17) is 9.51 Å². The monoisotopic (exact) mass is 446 g/mol. The van der Waals surface area contributed by atoms with Gasteiger partial charge in [0.2, 0.25) is 11.7 Å². The van der Waals surface area contributed by atoms with Crippen molar-refractivity contribution in [1.29, 1.82) is 0 Å². The second kappa shape index (κ2) is 8.49. The highest BCUT2D eigenvalue weighted by atomic mass is 32.2. The van der Waals surface area contributed by atoms with Crippen LogP contribution in [0.5, 0.6) is 0 Å². The van der Waals surface area contributed by atoms with E-state index in [2.05, 4.69) is 17.1 Å². The molecule has 0 unspecified atom stereocenters. The standard InChI is InChI=1S/C23H18N4O2S2/c1-2-15-7-9-17(10-8-15)27-22(28)18-5-3-4-6-19(18)24-23(27)31-14-20-25-21(26-29-20)16-11-12-30-13-16/h3-13H,2,14H2,1H3. The third kappa shape index (κ3) is 3.92. The minimum absolute atomic E-state index is 0.0955. The first-order valence-electron chi connectivity index (χ1n) is 9.82. The molecule has 31 heavy (non-hydrogen) atoms. The van der Waals surface area contributed by atoms with Crippen molar-refractivity contribution in [1.82, 2.24) is 19.7 Å². The Kier molecular flexibility index (Phi) is 5.40. The number of aryl methyl sites for hydroxylation is 1. The molecular formula is C23H18N4O2S2. The fraction of sp³-hybridized carbons (Fsp3) is 0.130. The predicted molar refractivity (Wildman–Crippen MR) is 124 cm³/mol. The first-order chi connectivity index (χ1) is 15.2. The Balaban J connectivity index is 1.53. The molecule has 0 saturated carbocycles. The molecule has 0 radical (unpaired) electrons. The van der Waals surface area contributed by atoms with Gasteiger partial charge < -0.3 is 4.52 Å². The van der Waals surface area contributed by atoms with E-state index in [-0.39, 0.29) is 5.56 Å². The van der Waals surface area contributed by atoms with Crippen LogP contribution in [0.3, 0.4) is 0 Å². The quantitative estimate of drug-likeness (QED) is 0.258. The van der Waals surface area contributed by atoms with E-state index in [9.17, 15) is 4.79 Å². The minimum atomic E-state index is -0.0955. The van der Waals surface area contributed by atoms with Gasteiger partial charge in [0.25, 0.3) is 5.56 Å². The molecule has 3 aromatic heterocycles. The zero-order valence-electron chi connectivity index (χ0n) is 16.7. The Hall–Kier alpha value is -3.23. The van der Waals surface area contributed by atoms with Crippen LogP contribution in [0, 0.1) is 0 Å². The number of aromatic nitrogens is 4. The summed E-state index contributed by atoms with van der Waals surface area (Å²) in [7, 11) is 0. The summed E-state index contributed by atoms with van der Waals surface area (Å²) >= 11 is 2.99. The Bertz CT molecular complexity index is 1390.